The molecule has 0 saturated carbocycles. The number of nitrogen functional groups attached to an aromatic ring is 1. The van der Waals surface area contributed by atoms with Crippen LogP contribution >= 0.6 is 7.44 Å². The molecule has 0 fully saturated rings. The highest BCUT2D eigenvalue weighted by molar-refractivity contribution is 7.63. The van der Waals surface area contributed by atoms with E-state index in [-0.39, 0.29) is 19.0 Å². The SMILES string of the molecule is CCCCOC(=O)[C@H](C)NP(=O)(/C=C/C1=C(O)[C@@H](F)[C@H](n2ccc(N)nc2=O)O1)N[C@@H](C)C(=O)OCCCC. The minimum atomic E-state index is -3.95. The van der Waals surface area contributed by atoms with Crippen molar-refractivity contribution in [3.05, 3.63) is 46.2 Å². The van der Waals surface area contributed by atoms with Crippen LogP contribution in [-0.4, -0.2) is 58.1 Å². The predicted molar refractivity (Wildman–Crippen MR) is 141 cm³/mol. The Morgan fingerprint density at radius 2 is 1.74 bits per heavy atom. The molecule has 15 heteroatoms. The number of carbonyl (C=O) groups is 2. The van der Waals surface area contributed by atoms with E-state index in [0.717, 1.165) is 35.5 Å². The Kier molecular flexibility index (Phi) is 12.1. The summed E-state index contributed by atoms with van der Waals surface area (Å²) in [6.07, 6.45) is 1.36. The lowest BCUT2D eigenvalue weighted by atomic mass is 10.3. The number of nitrogens with zero attached hydrogens (tertiary/aromatic N) is 2. The second kappa shape index (κ2) is 14.8. The molecule has 0 aliphatic carbocycles. The van der Waals surface area contributed by atoms with Gasteiger partial charge in [0.2, 0.25) is 19.8 Å². The monoisotopic (exact) mass is 573 g/mol. The van der Waals surface area contributed by atoms with Crippen LogP contribution in [0.3, 0.4) is 0 Å². The molecular weight excluding hydrogens is 536 g/mol. The summed E-state index contributed by atoms with van der Waals surface area (Å²) in [6, 6.07) is -0.880. The summed E-state index contributed by atoms with van der Waals surface area (Å²) < 4.78 is 45.2. The highest BCUT2D eigenvalue weighted by atomic mass is 31.2. The molecule has 39 heavy (non-hydrogen) atoms. The second-order valence-corrected chi connectivity index (χ2v) is 11.0. The molecule has 0 spiro atoms. The molecule has 0 radical (unpaired) electrons. The number of aliphatic hydroxyl groups excluding tert-OH is 1. The molecule has 1 aromatic heterocycles. The van der Waals surface area contributed by atoms with Gasteiger partial charge in [-0.15, -0.1) is 0 Å². The average molecular weight is 574 g/mol. The van der Waals surface area contributed by atoms with Crippen LogP contribution in [0.15, 0.2) is 40.5 Å². The predicted octanol–water partition coefficient (Wildman–Crippen LogP) is 2.81. The zero-order valence-corrected chi connectivity index (χ0v) is 23.4. The first-order chi connectivity index (χ1) is 18.4. The smallest absolute Gasteiger partial charge is 0.352 e. The van der Waals surface area contributed by atoms with Crippen molar-refractivity contribution in [2.45, 2.75) is 77.9 Å². The van der Waals surface area contributed by atoms with Crippen molar-refractivity contribution in [2.24, 2.45) is 0 Å². The molecule has 218 valence electrons. The number of anilines is 1. The van der Waals surface area contributed by atoms with Crippen molar-refractivity contribution < 1.29 is 37.9 Å². The number of hydrogen-bond acceptors (Lipinski definition) is 10. The average Bonchev–Trinajstić information content (AvgIpc) is 3.16. The molecule has 4 atom stereocenters. The lowest BCUT2D eigenvalue weighted by Crippen LogP contribution is -2.41. The summed E-state index contributed by atoms with van der Waals surface area (Å²) in [4.78, 5) is 40.4. The maximum atomic E-state index is 14.8. The molecule has 13 nitrogen and oxygen atoms in total. The molecule has 1 aliphatic rings. The number of hydrogen-bond donors (Lipinski definition) is 4. The zero-order valence-electron chi connectivity index (χ0n) is 22.5. The van der Waals surface area contributed by atoms with Gasteiger partial charge in [0.05, 0.1) is 13.2 Å². The summed E-state index contributed by atoms with van der Waals surface area (Å²) in [5.74, 6) is -1.68. The van der Waals surface area contributed by atoms with Crippen molar-refractivity contribution in [3.63, 3.8) is 0 Å². The van der Waals surface area contributed by atoms with Crippen LogP contribution in [0.25, 0.3) is 0 Å². The third kappa shape index (κ3) is 9.19. The number of nitrogens with two attached hydrogens (primary N) is 1. The summed E-state index contributed by atoms with van der Waals surface area (Å²) in [6.45, 7) is 7.09. The van der Waals surface area contributed by atoms with E-state index < -0.39 is 61.1 Å². The number of allylic oxidation sites excluding steroid dienone is 1. The summed E-state index contributed by atoms with van der Waals surface area (Å²) in [7, 11) is -3.95. The van der Waals surface area contributed by atoms with Gasteiger partial charge in [-0.05, 0) is 38.8 Å². The summed E-state index contributed by atoms with van der Waals surface area (Å²) >= 11 is 0. The lowest BCUT2D eigenvalue weighted by molar-refractivity contribution is -0.145. The molecule has 0 amide bonds. The minimum Gasteiger partial charge on any atom is -0.506 e. The molecule has 0 bridgehead atoms. The topological polar surface area (TPSA) is 184 Å². The van der Waals surface area contributed by atoms with Gasteiger partial charge in [-0.2, -0.15) is 4.98 Å². The van der Waals surface area contributed by atoms with Crippen molar-refractivity contribution in [1.82, 2.24) is 19.7 Å². The van der Waals surface area contributed by atoms with Gasteiger partial charge < -0.3 is 25.1 Å². The van der Waals surface area contributed by atoms with Crippen molar-refractivity contribution in [1.29, 1.82) is 0 Å². The lowest BCUT2D eigenvalue weighted by Gasteiger charge is -2.24. The van der Waals surface area contributed by atoms with E-state index in [9.17, 15) is 28.4 Å². The van der Waals surface area contributed by atoms with E-state index in [0.29, 0.717) is 12.8 Å². The second-order valence-electron chi connectivity index (χ2n) is 8.92. The fraction of sp³-hybridized carbons (Fsp3) is 0.583. The number of unbranched alkanes of at least 4 members (excludes halogenated alkanes) is 2. The standard InChI is InChI=1S/C24H37FN5O8P/c1-5-7-12-36-22(32)15(3)28-39(35,29-16(4)23(33)37-13-8-6-2)14-10-17-20(31)19(25)21(38-17)30-11-9-18(26)27-24(30)34/h9-11,14-16,19,21,31H,5-8,12-13H2,1-4H3,(H2,26,27,34)(H2,28,29,35)/b14-10+/t15-,16-,19+,21+/m0/s1. The van der Waals surface area contributed by atoms with Crippen LogP contribution in [-0.2, 0) is 28.4 Å². The first kappa shape index (κ1) is 32.0. The molecule has 1 aliphatic heterocycles. The number of aliphatic hydroxyl groups is 1. The Labute approximate surface area is 226 Å². The van der Waals surface area contributed by atoms with Crippen molar-refractivity contribution in [3.8, 4) is 0 Å². The fourth-order valence-electron chi connectivity index (χ4n) is 3.32. The molecule has 5 N–H and O–H groups in total. The fourth-order valence-corrected chi connectivity index (χ4v) is 5.28. The first-order valence-electron chi connectivity index (χ1n) is 12.7. The molecule has 2 rings (SSSR count). The highest BCUT2D eigenvalue weighted by Crippen LogP contribution is 2.42. The minimum absolute atomic E-state index is 0.0790. The van der Waals surface area contributed by atoms with E-state index >= 15 is 0 Å². The van der Waals surface area contributed by atoms with Crippen molar-refractivity contribution in [2.75, 3.05) is 18.9 Å². The molecular formula is C24H37FN5O8P. The number of esters is 2. The first-order valence-corrected chi connectivity index (χ1v) is 14.5. The molecule has 2 heterocycles. The van der Waals surface area contributed by atoms with Crippen LogP contribution in [0.5, 0.6) is 0 Å². The Balaban J connectivity index is 2.26. The van der Waals surface area contributed by atoms with Crippen LogP contribution in [0.4, 0.5) is 10.2 Å². The van der Waals surface area contributed by atoms with Gasteiger partial charge in [0.25, 0.3) is 0 Å². The highest BCUT2D eigenvalue weighted by Gasteiger charge is 2.39. The maximum Gasteiger partial charge on any atom is 0.352 e. The third-order valence-electron chi connectivity index (χ3n) is 5.54. The van der Waals surface area contributed by atoms with Gasteiger partial charge >= 0.3 is 17.6 Å². The number of alkyl halides is 1. The number of aromatic nitrogens is 2. The summed E-state index contributed by atoms with van der Waals surface area (Å²) in [5, 5.41) is 15.5. The maximum absolute atomic E-state index is 14.8. The van der Waals surface area contributed by atoms with Crippen molar-refractivity contribution >= 4 is 25.2 Å². The number of carbonyl (C=O) groups excluding carboxylic acids is 2. The van der Waals surface area contributed by atoms with E-state index in [1.54, 1.807) is 0 Å². The molecule has 0 unspecified atom stereocenters. The number of ether oxygens (including phenoxy) is 3. The molecule has 0 saturated heterocycles. The Morgan fingerprint density at radius 1 is 1.21 bits per heavy atom. The van der Waals surface area contributed by atoms with Crippen LogP contribution in [0.1, 0.15) is 59.6 Å². The number of rotatable bonds is 15. The zero-order chi connectivity index (χ0) is 29.2. The van der Waals surface area contributed by atoms with Gasteiger partial charge in [-0.3, -0.25) is 18.7 Å². The number of nitrogens with one attached hydrogen (secondary N) is 2. The van der Waals surface area contributed by atoms with Gasteiger partial charge in [0.15, 0.2) is 11.5 Å². The molecule has 1 aromatic rings. The third-order valence-corrected chi connectivity index (χ3v) is 7.65. The van der Waals surface area contributed by atoms with E-state index in [4.69, 9.17) is 19.9 Å². The Bertz CT molecular complexity index is 1140. The quantitative estimate of drug-likeness (QED) is 0.137. The van der Waals surface area contributed by atoms with Gasteiger partial charge in [-0.1, -0.05) is 26.7 Å². The van der Waals surface area contributed by atoms with Gasteiger partial charge in [0, 0.05) is 12.0 Å². The van der Waals surface area contributed by atoms with E-state index in [2.05, 4.69) is 15.2 Å². The van der Waals surface area contributed by atoms with E-state index in [1.807, 2.05) is 13.8 Å². The van der Waals surface area contributed by atoms with E-state index in [1.165, 1.54) is 19.9 Å². The normalized spacial score (nSPS) is 19.1. The number of halogens is 1. The van der Waals surface area contributed by atoms with Crippen LogP contribution in [0, 0.1) is 0 Å². The molecule has 0 aromatic carbocycles. The van der Waals surface area contributed by atoms with Gasteiger partial charge in [-0.25, -0.2) is 19.4 Å². The van der Waals surface area contributed by atoms with Crippen LogP contribution < -0.4 is 21.6 Å². The van der Waals surface area contributed by atoms with Gasteiger partial charge in [0.1, 0.15) is 17.9 Å². The Morgan fingerprint density at radius 3 is 2.23 bits per heavy atom. The summed E-state index contributed by atoms with van der Waals surface area (Å²) in [5.41, 5.74) is 4.56. The largest absolute Gasteiger partial charge is 0.506 e. The van der Waals surface area contributed by atoms with Crippen LogP contribution in [0.2, 0.25) is 0 Å². The Hall–Kier alpha value is -3.22.